The van der Waals surface area contributed by atoms with Gasteiger partial charge in [-0.1, -0.05) is 0 Å². The van der Waals surface area contributed by atoms with Gasteiger partial charge in [0.2, 0.25) is 0 Å². The number of hydrogen-bond acceptors (Lipinski definition) is 4. The third kappa shape index (κ3) is 4.42. The Kier molecular flexibility index (Phi) is 5.46. The highest BCUT2D eigenvalue weighted by Crippen LogP contribution is 2.21. The molecule has 0 radical (unpaired) electrons. The van der Waals surface area contributed by atoms with Gasteiger partial charge in [0, 0.05) is 25.4 Å². The number of hydrogen-bond donors (Lipinski definition) is 2. The Morgan fingerprint density at radius 2 is 2.04 bits per heavy atom. The zero-order chi connectivity index (χ0) is 16.1. The molecule has 0 aromatic heterocycles. The van der Waals surface area contributed by atoms with E-state index in [1.165, 1.54) is 6.07 Å². The van der Waals surface area contributed by atoms with Crippen LogP contribution in [-0.2, 0) is 14.3 Å². The van der Waals surface area contributed by atoms with Crippen molar-refractivity contribution >= 4 is 17.3 Å². The number of nitrogens with one attached hydrogen (secondary N) is 2. The lowest BCUT2D eigenvalue weighted by molar-refractivity contribution is -0.129. The second-order valence-electron chi connectivity index (χ2n) is 6.06. The third-order valence-corrected chi connectivity index (χ3v) is 4.25. The van der Waals surface area contributed by atoms with Gasteiger partial charge in [0.05, 0.1) is 11.8 Å². The van der Waals surface area contributed by atoms with Crippen LogP contribution in [0.5, 0.6) is 0 Å². The molecule has 0 spiro atoms. The molecule has 0 unspecified atom stereocenters. The Morgan fingerprint density at radius 1 is 1.17 bits per heavy atom. The van der Waals surface area contributed by atoms with Gasteiger partial charge in [0.15, 0.2) is 0 Å². The smallest absolute Gasteiger partial charge is 0.253 e. The molecule has 5 nitrogen and oxygen atoms in total. The first kappa shape index (κ1) is 16.2. The number of rotatable bonds is 5. The zero-order valence-corrected chi connectivity index (χ0v) is 13.1. The van der Waals surface area contributed by atoms with Gasteiger partial charge in [-0.2, -0.15) is 0 Å². The molecule has 2 fully saturated rings. The maximum Gasteiger partial charge on any atom is 0.253 e. The summed E-state index contributed by atoms with van der Waals surface area (Å²) in [6.07, 6.45) is 4.48. The van der Waals surface area contributed by atoms with Gasteiger partial charge in [0.1, 0.15) is 11.9 Å². The molecular weight excluding hydrogens is 299 g/mol. The largest absolute Gasteiger partial charge is 0.380 e. The Balaban J connectivity index is 1.54. The summed E-state index contributed by atoms with van der Waals surface area (Å²) in [5.41, 5.74) is 0.872. The first-order valence-corrected chi connectivity index (χ1v) is 8.30. The summed E-state index contributed by atoms with van der Waals surface area (Å²) in [6, 6.07) is 4.67. The van der Waals surface area contributed by atoms with Crippen LogP contribution in [0.1, 0.15) is 32.1 Å². The number of carbonyl (C=O) groups is 1. The maximum atomic E-state index is 14.1. The van der Waals surface area contributed by atoms with Crippen molar-refractivity contribution in [3.8, 4) is 0 Å². The minimum Gasteiger partial charge on any atom is -0.380 e. The van der Waals surface area contributed by atoms with Crippen LogP contribution in [-0.4, -0.2) is 37.9 Å². The van der Waals surface area contributed by atoms with Gasteiger partial charge in [0.25, 0.3) is 5.91 Å². The van der Waals surface area contributed by atoms with E-state index in [0.717, 1.165) is 38.7 Å². The summed E-state index contributed by atoms with van der Waals surface area (Å²) in [5, 5.41) is 5.78. The van der Waals surface area contributed by atoms with E-state index in [0.29, 0.717) is 24.5 Å². The van der Waals surface area contributed by atoms with E-state index in [9.17, 15) is 9.18 Å². The monoisotopic (exact) mass is 322 g/mol. The first-order chi connectivity index (χ1) is 11.2. The van der Waals surface area contributed by atoms with Crippen LogP contribution in [0.2, 0.25) is 0 Å². The summed E-state index contributed by atoms with van der Waals surface area (Å²) in [7, 11) is 0. The molecule has 0 saturated carbocycles. The molecule has 2 atom stereocenters. The predicted octanol–water partition coefficient (Wildman–Crippen LogP) is 2.92. The lowest BCUT2D eigenvalue weighted by Crippen LogP contribution is -2.33. The van der Waals surface area contributed by atoms with Crippen LogP contribution < -0.4 is 10.6 Å². The van der Waals surface area contributed by atoms with E-state index >= 15 is 0 Å². The van der Waals surface area contributed by atoms with E-state index < -0.39 is 6.10 Å². The molecule has 0 aliphatic carbocycles. The van der Waals surface area contributed by atoms with Gasteiger partial charge in [-0.25, -0.2) is 4.39 Å². The van der Waals surface area contributed by atoms with Gasteiger partial charge in [-0.05, 0) is 50.3 Å². The van der Waals surface area contributed by atoms with Crippen molar-refractivity contribution in [3.63, 3.8) is 0 Å². The Morgan fingerprint density at radius 3 is 2.74 bits per heavy atom. The van der Waals surface area contributed by atoms with Crippen molar-refractivity contribution in [2.24, 2.45) is 0 Å². The summed E-state index contributed by atoms with van der Waals surface area (Å²) < 4.78 is 25.1. The number of amides is 1. The molecule has 2 heterocycles. The van der Waals surface area contributed by atoms with Crippen LogP contribution in [0.4, 0.5) is 15.8 Å². The number of ether oxygens (including phenoxy) is 2. The second kappa shape index (κ2) is 7.75. The Bertz CT molecular complexity index is 541. The average Bonchev–Trinajstić information content (AvgIpc) is 3.08. The molecule has 2 saturated heterocycles. The average molecular weight is 322 g/mol. The molecular formula is C17H23FN2O3. The molecule has 6 heteroatoms. The first-order valence-electron chi connectivity index (χ1n) is 8.30. The van der Waals surface area contributed by atoms with E-state index in [-0.39, 0.29) is 17.8 Å². The summed E-state index contributed by atoms with van der Waals surface area (Å²) in [4.78, 5) is 12.1. The maximum absolute atomic E-state index is 14.1. The fraction of sp³-hybridized carbons (Fsp3) is 0.588. The van der Waals surface area contributed by atoms with Crippen LogP contribution in [0, 0.1) is 5.82 Å². The third-order valence-electron chi connectivity index (χ3n) is 4.25. The van der Waals surface area contributed by atoms with E-state index in [1.807, 2.05) is 0 Å². The van der Waals surface area contributed by atoms with Crippen LogP contribution in [0.25, 0.3) is 0 Å². The molecule has 3 rings (SSSR count). The van der Waals surface area contributed by atoms with Crippen molar-refractivity contribution in [1.82, 2.24) is 0 Å². The van der Waals surface area contributed by atoms with E-state index in [2.05, 4.69) is 10.6 Å². The molecule has 0 bridgehead atoms. The number of carbonyl (C=O) groups excluding carboxylic acids is 1. The minimum atomic E-state index is -0.427. The fourth-order valence-electron chi connectivity index (χ4n) is 2.94. The van der Waals surface area contributed by atoms with E-state index in [4.69, 9.17) is 9.47 Å². The molecule has 2 N–H and O–H groups in total. The molecule has 2 aliphatic heterocycles. The number of benzene rings is 1. The van der Waals surface area contributed by atoms with E-state index in [1.54, 1.807) is 12.1 Å². The number of halogens is 1. The van der Waals surface area contributed by atoms with Crippen molar-refractivity contribution < 1.29 is 18.7 Å². The summed E-state index contributed by atoms with van der Waals surface area (Å²) >= 11 is 0. The van der Waals surface area contributed by atoms with Crippen LogP contribution >= 0.6 is 0 Å². The molecule has 2 aliphatic rings. The van der Waals surface area contributed by atoms with Gasteiger partial charge in [-0.3, -0.25) is 4.79 Å². The SMILES string of the molecule is O=C(Nc1ccc(NC[C@H]2CCCO2)c(F)c1)[C@@H]1CCCCO1. The highest BCUT2D eigenvalue weighted by atomic mass is 19.1. The van der Waals surface area contributed by atoms with Gasteiger partial charge in [-0.15, -0.1) is 0 Å². The fourth-order valence-corrected chi connectivity index (χ4v) is 2.94. The van der Waals surface area contributed by atoms with Crippen LogP contribution in [0.15, 0.2) is 18.2 Å². The standard InChI is InChI=1S/C17H23FN2O3/c18-14-10-12(20-17(21)16-5-1-2-8-23-16)6-7-15(14)19-11-13-4-3-9-22-13/h6-7,10,13,16,19H,1-5,8-9,11H2,(H,20,21)/t13-,16+/m1/s1. The second-order valence-corrected chi connectivity index (χ2v) is 6.06. The van der Waals surface area contributed by atoms with Crippen molar-refractivity contribution in [2.75, 3.05) is 30.4 Å². The normalized spacial score (nSPS) is 24.4. The lowest BCUT2D eigenvalue weighted by atomic mass is 10.1. The molecule has 1 amide bonds. The van der Waals surface area contributed by atoms with Crippen molar-refractivity contribution in [1.29, 1.82) is 0 Å². The van der Waals surface area contributed by atoms with Gasteiger partial charge < -0.3 is 20.1 Å². The Hall–Kier alpha value is -1.66. The highest BCUT2D eigenvalue weighted by molar-refractivity contribution is 5.94. The van der Waals surface area contributed by atoms with Crippen molar-refractivity contribution in [3.05, 3.63) is 24.0 Å². The van der Waals surface area contributed by atoms with Crippen molar-refractivity contribution in [2.45, 2.75) is 44.3 Å². The lowest BCUT2D eigenvalue weighted by Gasteiger charge is -2.21. The molecule has 1 aromatic rings. The minimum absolute atomic E-state index is 0.150. The predicted molar refractivity (Wildman–Crippen MR) is 86.1 cm³/mol. The van der Waals surface area contributed by atoms with Crippen LogP contribution in [0.3, 0.4) is 0 Å². The summed E-state index contributed by atoms with van der Waals surface area (Å²) in [6.45, 7) is 1.99. The molecule has 23 heavy (non-hydrogen) atoms. The summed E-state index contributed by atoms with van der Waals surface area (Å²) in [5.74, 6) is -0.588. The quantitative estimate of drug-likeness (QED) is 0.875. The molecule has 126 valence electrons. The topological polar surface area (TPSA) is 59.6 Å². The zero-order valence-electron chi connectivity index (χ0n) is 13.1. The number of anilines is 2. The highest BCUT2D eigenvalue weighted by Gasteiger charge is 2.22. The van der Waals surface area contributed by atoms with Gasteiger partial charge >= 0.3 is 0 Å². The molecule has 1 aromatic carbocycles. The Labute approximate surface area is 135 Å².